The van der Waals surface area contributed by atoms with Crippen LogP contribution in [0.15, 0.2) is 85.1 Å². The van der Waals surface area contributed by atoms with Gasteiger partial charge in [-0.3, -0.25) is 0 Å². The molecular weight excluding hydrogens is 470 g/mol. The zero-order valence-corrected chi connectivity index (χ0v) is 20.6. The van der Waals surface area contributed by atoms with Gasteiger partial charge in [-0.2, -0.15) is 0 Å². The third kappa shape index (κ3) is 5.76. The Labute approximate surface area is 214 Å². The molecule has 0 N–H and O–H groups in total. The third-order valence-corrected chi connectivity index (χ3v) is 6.27. The van der Waals surface area contributed by atoms with Gasteiger partial charge in [0, 0.05) is 12.0 Å². The summed E-state index contributed by atoms with van der Waals surface area (Å²) < 4.78 is 19.2. The number of esters is 2. The third-order valence-electron chi connectivity index (χ3n) is 6.27. The predicted molar refractivity (Wildman–Crippen MR) is 136 cm³/mol. The lowest BCUT2D eigenvalue weighted by Gasteiger charge is -2.19. The van der Waals surface area contributed by atoms with Gasteiger partial charge in [-0.15, -0.1) is 5.10 Å². The second-order valence-electron chi connectivity index (χ2n) is 9.09. The highest BCUT2D eigenvalue weighted by molar-refractivity contribution is 5.90. The summed E-state index contributed by atoms with van der Waals surface area (Å²) in [5.74, 6) is -0.935. The molecule has 1 aliphatic rings. The molecule has 0 amide bonds. The Kier molecular flexibility index (Phi) is 7.09. The molecular formula is C29H27N3O5. The molecule has 8 heteroatoms. The maximum absolute atomic E-state index is 12.9. The Balaban J connectivity index is 1.31. The maximum Gasteiger partial charge on any atom is 0.338 e. The van der Waals surface area contributed by atoms with Gasteiger partial charge in [0.1, 0.15) is 24.5 Å². The number of benzene rings is 3. The van der Waals surface area contributed by atoms with Crippen molar-refractivity contribution in [2.45, 2.75) is 38.7 Å². The summed E-state index contributed by atoms with van der Waals surface area (Å²) in [6, 6.07) is 24.0. The first kappa shape index (κ1) is 24.4. The SMILES string of the molecule is Cc1ccc(C(=O)OC[C@H]2O[C@@H](n3cc(-c4ccccc4)nn3)C[C@@H]2OC(=O)c2ccc(C)cc2)cc1. The van der Waals surface area contributed by atoms with Crippen LogP contribution >= 0.6 is 0 Å². The Morgan fingerprint density at radius 2 is 1.51 bits per heavy atom. The fourth-order valence-corrected chi connectivity index (χ4v) is 4.12. The number of ether oxygens (including phenoxy) is 3. The van der Waals surface area contributed by atoms with Gasteiger partial charge in [0.2, 0.25) is 0 Å². The fourth-order valence-electron chi connectivity index (χ4n) is 4.12. The molecule has 3 atom stereocenters. The smallest absolute Gasteiger partial charge is 0.338 e. The quantitative estimate of drug-likeness (QED) is 0.334. The zero-order chi connectivity index (χ0) is 25.8. The zero-order valence-electron chi connectivity index (χ0n) is 20.6. The van der Waals surface area contributed by atoms with Gasteiger partial charge in [-0.05, 0) is 38.1 Å². The molecule has 0 unspecified atom stereocenters. The monoisotopic (exact) mass is 497 g/mol. The molecule has 0 spiro atoms. The topological polar surface area (TPSA) is 92.5 Å². The van der Waals surface area contributed by atoms with Crippen molar-refractivity contribution in [3.8, 4) is 11.3 Å². The van der Waals surface area contributed by atoms with Crippen LogP contribution in [-0.2, 0) is 14.2 Å². The van der Waals surface area contributed by atoms with Crippen molar-refractivity contribution in [3.05, 3.63) is 107 Å². The summed E-state index contributed by atoms with van der Waals surface area (Å²) in [5.41, 5.74) is 4.60. The summed E-state index contributed by atoms with van der Waals surface area (Å²) in [6.45, 7) is 3.82. The van der Waals surface area contributed by atoms with E-state index in [2.05, 4.69) is 10.3 Å². The highest BCUT2D eigenvalue weighted by Gasteiger charge is 2.40. The number of carbonyl (C=O) groups excluding carboxylic acids is 2. The molecule has 4 aromatic rings. The molecule has 1 fully saturated rings. The Morgan fingerprint density at radius 3 is 2.16 bits per heavy atom. The van der Waals surface area contributed by atoms with Crippen molar-refractivity contribution in [1.29, 1.82) is 0 Å². The minimum atomic E-state index is -0.668. The van der Waals surface area contributed by atoms with Crippen LogP contribution in [-0.4, -0.2) is 45.7 Å². The van der Waals surface area contributed by atoms with Crippen LogP contribution in [0.5, 0.6) is 0 Å². The number of nitrogens with zero attached hydrogens (tertiary/aromatic N) is 3. The summed E-state index contributed by atoms with van der Waals surface area (Å²) in [5, 5.41) is 8.49. The van der Waals surface area contributed by atoms with E-state index in [-0.39, 0.29) is 6.61 Å². The van der Waals surface area contributed by atoms with Crippen LogP contribution in [0.4, 0.5) is 0 Å². The number of aryl methyl sites for hydroxylation is 2. The minimum absolute atomic E-state index is 0.0741. The van der Waals surface area contributed by atoms with Gasteiger partial charge in [-0.25, -0.2) is 14.3 Å². The lowest BCUT2D eigenvalue weighted by Crippen LogP contribution is -2.32. The van der Waals surface area contributed by atoms with Crippen molar-refractivity contribution in [2.24, 2.45) is 0 Å². The average molecular weight is 498 g/mol. The minimum Gasteiger partial charge on any atom is -0.459 e. The summed E-state index contributed by atoms with van der Waals surface area (Å²) >= 11 is 0. The van der Waals surface area contributed by atoms with E-state index in [1.807, 2.05) is 68.4 Å². The molecule has 3 aromatic carbocycles. The Bertz CT molecular complexity index is 1370. The standard InChI is InChI=1S/C29H27N3O5/c1-19-8-12-22(13-9-19)28(33)35-18-26-25(37-29(34)23-14-10-20(2)11-15-23)16-27(36-26)32-17-24(30-31-32)21-6-4-3-5-7-21/h3-15,17,25-27H,16,18H2,1-2H3/t25-,26+,27+/m0/s1. The van der Waals surface area contributed by atoms with Gasteiger partial charge in [0.15, 0.2) is 6.23 Å². The first-order chi connectivity index (χ1) is 18.0. The van der Waals surface area contributed by atoms with Crippen LogP contribution < -0.4 is 0 Å². The van der Waals surface area contributed by atoms with Crippen molar-refractivity contribution in [1.82, 2.24) is 15.0 Å². The molecule has 8 nitrogen and oxygen atoms in total. The van der Waals surface area contributed by atoms with Gasteiger partial charge in [0.05, 0.1) is 17.3 Å². The predicted octanol–water partition coefficient (Wildman–Crippen LogP) is 4.93. The molecule has 188 valence electrons. The second-order valence-corrected chi connectivity index (χ2v) is 9.09. The van der Waals surface area contributed by atoms with Gasteiger partial charge in [0.25, 0.3) is 0 Å². The average Bonchev–Trinajstić information content (AvgIpc) is 3.56. The van der Waals surface area contributed by atoms with Crippen molar-refractivity contribution in [3.63, 3.8) is 0 Å². The fraction of sp³-hybridized carbons (Fsp3) is 0.241. The molecule has 37 heavy (non-hydrogen) atoms. The molecule has 0 saturated carbocycles. The molecule has 0 radical (unpaired) electrons. The largest absolute Gasteiger partial charge is 0.459 e. The lowest BCUT2D eigenvalue weighted by atomic mass is 10.1. The van der Waals surface area contributed by atoms with E-state index in [1.54, 1.807) is 35.1 Å². The number of carbonyl (C=O) groups is 2. The summed E-state index contributed by atoms with van der Waals surface area (Å²) in [6.07, 6.45) is 0.276. The van der Waals surface area contributed by atoms with Crippen molar-refractivity contribution < 1.29 is 23.8 Å². The normalized spacial score (nSPS) is 18.9. The van der Waals surface area contributed by atoms with Gasteiger partial charge < -0.3 is 14.2 Å². The summed E-state index contributed by atoms with van der Waals surface area (Å²) in [4.78, 5) is 25.5. The Morgan fingerprint density at radius 1 is 0.892 bits per heavy atom. The van der Waals surface area contributed by atoms with Crippen molar-refractivity contribution in [2.75, 3.05) is 6.61 Å². The van der Waals surface area contributed by atoms with Gasteiger partial charge >= 0.3 is 11.9 Å². The highest BCUT2D eigenvalue weighted by atomic mass is 16.6. The van der Waals surface area contributed by atoms with Crippen LogP contribution in [0.2, 0.25) is 0 Å². The van der Waals surface area contributed by atoms with E-state index in [0.29, 0.717) is 23.2 Å². The van der Waals surface area contributed by atoms with Crippen molar-refractivity contribution >= 4 is 11.9 Å². The van der Waals surface area contributed by atoms with E-state index in [0.717, 1.165) is 16.7 Å². The van der Waals surface area contributed by atoms with Crippen LogP contribution in [0.3, 0.4) is 0 Å². The van der Waals surface area contributed by atoms with E-state index < -0.39 is 30.4 Å². The highest BCUT2D eigenvalue weighted by Crippen LogP contribution is 2.32. The van der Waals surface area contributed by atoms with Gasteiger partial charge in [-0.1, -0.05) is 70.9 Å². The van der Waals surface area contributed by atoms with E-state index in [9.17, 15) is 9.59 Å². The second kappa shape index (κ2) is 10.8. The molecule has 2 heterocycles. The molecule has 5 rings (SSSR count). The van der Waals surface area contributed by atoms with Crippen LogP contribution in [0, 0.1) is 13.8 Å². The molecule has 1 aromatic heterocycles. The van der Waals surface area contributed by atoms with Crippen LogP contribution in [0.25, 0.3) is 11.3 Å². The number of rotatable bonds is 7. The number of aromatic nitrogens is 3. The lowest BCUT2D eigenvalue weighted by molar-refractivity contribution is -0.0604. The first-order valence-corrected chi connectivity index (χ1v) is 12.1. The maximum atomic E-state index is 12.9. The van der Waals surface area contributed by atoms with E-state index in [1.165, 1.54) is 0 Å². The molecule has 1 saturated heterocycles. The van der Waals surface area contributed by atoms with E-state index >= 15 is 0 Å². The Hall–Kier alpha value is -4.30. The number of hydrogen-bond acceptors (Lipinski definition) is 7. The molecule has 0 bridgehead atoms. The molecule has 1 aliphatic heterocycles. The number of hydrogen-bond donors (Lipinski definition) is 0. The first-order valence-electron chi connectivity index (χ1n) is 12.1. The summed E-state index contributed by atoms with van der Waals surface area (Å²) in [7, 11) is 0. The van der Waals surface area contributed by atoms with E-state index in [4.69, 9.17) is 14.2 Å². The van der Waals surface area contributed by atoms with Crippen LogP contribution in [0.1, 0.15) is 44.5 Å². The molecule has 0 aliphatic carbocycles.